The number of hydrogen-bond acceptors (Lipinski definition) is 3. The first-order valence-electron chi connectivity index (χ1n) is 8.41. The number of nitrogens with one attached hydrogen (secondary N) is 2. The van der Waals surface area contributed by atoms with Crippen LogP contribution in [0.25, 0.3) is 0 Å². The maximum absolute atomic E-state index is 13.2. The summed E-state index contributed by atoms with van der Waals surface area (Å²) < 4.78 is 13.2. The number of nitrogens with zero attached hydrogens (tertiary/aromatic N) is 3. The molecule has 0 saturated heterocycles. The molecule has 0 bridgehead atoms. The standard InChI is InChI=1S/C19H24FN5O.HI/c1-21-19(23-13-15-6-5-7-16(20)12-15)24-14-18(26)25(2)11-9-17-8-3-4-10-22-17;/h3-8,10,12H,9,11,13-14H2,1-2H3,(H2,21,23,24);1H. The molecular formula is C19H25FIN5O. The Kier molecular flexibility index (Phi) is 10.3. The van der Waals surface area contributed by atoms with Gasteiger partial charge in [-0.1, -0.05) is 18.2 Å². The Morgan fingerprint density at radius 3 is 2.70 bits per heavy atom. The van der Waals surface area contributed by atoms with E-state index >= 15 is 0 Å². The van der Waals surface area contributed by atoms with E-state index < -0.39 is 0 Å². The number of aliphatic imine (C=N–C) groups is 1. The van der Waals surface area contributed by atoms with Crippen LogP contribution in [0.3, 0.4) is 0 Å². The maximum atomic E-state index is 13.2. The fourth-order valence-electron chi connectivity index (χ4n) is 2.30. The summed E-state index contributed by atoms with van der Waals surface area (Å²) >= 11 is 0. The zero-order valence-electron chi connectivity index (χ0n) is 15.5. The molecule has 0 spiro atoms. The van der Waals surface area contributed by atoms with E-state index in [0.717, 1.165) is 11.3 Å². The van der Waals surface area contributed by atoms with Crippen LogP contribution in [-0.4, -0.2) is 48.9 Å². The van der Waals surface area contributed by atoms with E-state index in [4.69, 9.17) is 0 Å². The lowest BCUT2D eigenvalue weighted by Crippen LogP contribution is -2.43. The monoisotopic (exact) mass is 485 g/mol. The molecule has 0 aliphatic rings. The molecule has 1 heterocycles. The molecule has 2 N–H and O–H groups in total. The highest BCUT2D eigenvalue weighted by Gasteiger charge is 2.10. The van der Waals surface area contributed by atoms with Crippen molar-refractivity contribution in [2.45, 2.75) is 13.0 Å². The third-order valence-corrected chi connectivity index (χ3v) is 3.83. The van der Waals surface area contributed by atoms with Crippen molar-refractivity contribution in [2.75, 3.05) is 27.2 Å². The molecule has 0 atom stereocenters. The summed E-state index contributed by atoms with van der Waals surface area (Å²) in [7, 11) is 3.38. The molecule has 0 unspecified atom stereocenters. The molecule has 8 heteroatoms. The Hall–Kier alpha value is -2.23. The highest BCUT2D eigenvalue weighted by molar-refractivity contribution is 14.0. The normalized spacial score (nSPS) is 10.7. The Morgan fingerprint density at radius 1 is 1.22 bits per heavy atom. The number of guanidine groups is 1. The van der Waals surface area contributed by atoms with Gasteiger partial charge in [0.2, 0.25) is 5.91 Å². The molecule has 0 aliphatic carbocycles. The van der Waals surface area contributed by atoms with Gasteiger partial charge in [0.1, 0.15) is 5.82 Å². The average Bonchev–Trinajstić information content (AvgIpc) is 2.67. The fraction of sp³-hybridized carbons (Fsp3) is 0.316. The fourth-order valence-corrected chi connectivity index (χ4v) is 2.30. The van der Waals surface area contributed by atoms with Crippen LogP contribution in [0.2, 0.25) is 0 Å². The number of rotatable bonds is 7. The number of likely N-dealkylation sites (N-methyl/N-ethyl adjacent to an activating group) is 1. The van der Waals surface area contributed by atoms with Gasteiger partial charge in [0.25, 0.3) is 0 Å². The van der Waals surface area contributed by atoms with Crippen molar-refractivity contribution in [1.29, 1.82) is 0 Å². The number of halogens is 2. The van der Waals surface area contributed by atoms with Crippen molar-refractivity contribution in [2.24, 2.45) is 4.99 Å². The smallest absolute Gasteiger partial charge is 0.241 e. The second kappa shape index (κ2) is 12.2. The van der Waals surface area contributed by atoms with E-state index in [2.05, 4.69) is 20.6 Å². The van der Waals surface area contributed by atoms with Gasteiger partial charge >= 0.3 is 0 Å². The van der Waals surface area contributed by atoms with Gasteiger partial charge in [-0.2, -0.15) is 0 Å². The molecule has 0 fully saturated rings. The number of amides is 1. The molecule has 1 aromatic heterocycles. The highest BCUT2D eigenvalue weighted by Crippen LogP contribution is 2.02. The summed E-state index contributed by atoms with van der Waals surface area (Å²) in [4.78, 5) is 22.2. The van der Waals surface area contributed by atoms with E-state index in [1.165, 1.54) is 12.1 Å². The van der Waals surface area contributed by atoms with E-state index in [9.17, 15) is 9.18 Å². The number of pyridine rings is 1. The predicted molar refractivity (Wildman–Crippen MR) is 116 cm³/mol. The van der Waals surface area contributed by atoms with Gasteiger partial charge in [0, 0.05) is 45.5 Å². The van der Waals surface area contributed by atoms with E-state index in [0.29, 0.717) is 25.5 Å². The van der Waals surface area contributed by atoms with Crippen LogP contribution in [0, 0.1) is 5.82 Å². The summed E-state index contributed by atoms with van der Waals surface area (Å²) in [6, 6.07) is 12.1. The third kappa shape index (κ3) is 8.33. The first-order chi connectivity index (χ1) is 12.6. The van der Waals surface area contributed by atoms with Crippen LogP contribution >= 0.6 is 24.0 Å². The molecule has 0 aliphatic heterocycles. The quantitative estimate of drug-likeness (QED) is 0.359. The lowest BCUT2D eigenvalue weighted by molar-refractivity contribution is -0.128. The van der Waals surface area contributed by atoms with Gasteiger partial charge in [-0.3, -0.25) is 14.8 Å². The highest BCUT2D eigenvalue weighted by atomic mass is 127. The number of benzene rings is 1. The van der Waals surface area contributed by atoms with Crippen LogP contribution in [0.1, 0.15) is 11.3 Å². The molecular weight excluding hydrogens is 460 g/mol. The Morgan fingerprint density at radius 2 is 2.04 bits per heavy atom. The molecule has 0 radical (unpaired) electrons. The topological polar surface area (TPSA) is 69.6 Å². The average molecular weight is 485 g/mol. The van der Waals surface area contributed by atoms with Gasteiger partial charge < -0.3 is 15.5 Å². The van der Waals surface area contributed by atoms with Crippen LogP contribution in [0.5, 0.6) is 0 Å². The lowest BCUT2D eigenvalue weighted by atomic mass is 10.2. The van der Waals surface area contributed by atoms with Crippen LogP contribution in [0.15, 0.2) is 53.7 Å². The Balaban J connectivity index is 0.00000364. The lowest BCUT2D eigenvalue weighted by Gasteiger charge is -2.18. The Bertz CT molecular complexity index is 742. The molecule has 0 saturated carbocycles. The minimum absolute atomic E-state index is 0. The van der Waals surface area contributed by atoms with Gasteiger partial charge in [0.15, 0.2) is 5.96 Å². The summed E-state index contributed by atoms with van der Waals surface area (Å²) in [5.41, 5.74) is 1.75. The number of aromatic nitrogens is 1. The second-order valence-electron chi connectivity index (χ2n) is 5.80. The Labute approximate surface area is 176 Å². The van der Waals surface area contributed by atoms with Gasteiger partial charge in [-0.15, -0.1) is 24.0 Å². The zero-order chi connectivity index (χ0) is 18.8. The molecule has 1 amide bonds. The second-order valence-corrected chi connectivity index (χ2v) is 5.80. The van der Waals surface area contributed by atoms with Crippen LogP contribution in [-0.2, 0) is 17.8 Å². The first kappa shape index (κ1) is 22.8. The summed E-state index contributed by atoms with van der Waals surface area (Å²) in [5.74, 6) is 0.160. The first-order valence-corrected chi connectivity index (χ1v) is 8.41. The molecule has 6 nitrogen and oxygen atoms in total. The summed E-state index contributed by atoms with van der Waals surface area (Å²) in [6.45, 7) is 1.13. The molecule has 27 heavy (non-hydrogen) atoms. The third-order valence-electron chi connectivity index (χ3n) is 3.83. The van der Waals surface area contributed by atoms with Crippen LogP contribution < -0.4 is 10.6 Å². The van der Waals surface area contributed by atoms with Crippen molar-refractivity contribution >= 4 is 35.8 Å². The van der Waals surface area contributed by atoms with Gasteiger partial charge in [-0.25, -0.2) is 4.39 Å². The SMILES string of the molecule is CN=C(NCC(=O)N(C)CCc1ccccn1)NCc1cccc(F)c1.I. The van der Waals surface area contributed by atoms with Crippen LogP contribution in [0.4, 0.5) is 4.39 Å². The number of carbonyl (C=O) groups excluding carboxylic acids is 1. The van der Waals surface area contributed by atoms with Crippen molar-refractivity contribution in [3.05, 3.63) is 65.7 Å². The van der Waals surface area contributed by atoms with Gasteiger partial charge in [-0.05, 0) is 29.8 Å². The summed E-state index contributed by atoms with van der Waals surface area (Å²) in [5, 5.41) is 6.03. The van der Waals surface area contributed by atoms with Crippen molar-refractivity contribution in [3.63, 3.8) is 0 Å². The largest absolute Gasteiger partial charge is 0.352 e. The zero-order valence-corrected chi connectivity index (χ0v) is 17.8. The molecule has 146 valence electrons. The van der Waals surface area contributed by atoms with Gasteiger partial charge in [0.05, 0.1) is 6.54 Å². The van der Waals surface area contributed by atoms with Crippen molar-refractivity contribution in [3.8, 4) is 0 Å². The molecule has 2 rings (SSSR count). The number of hydrogen-bond donors (Lipinski definition) is 2. The van der Waals surface area contributed by atoms with E-state index in [1.54, 1.807) is 31.3 Å². The van der Waals surface area contributed by atoms with Crippen molar-refractivity contribution < 1.29 is 9.18 Å². The molecule has 2 aromatic rings. The maximum Gasteiger partial charge on any atom is 0.241 e. The predicted octanol–water partition coefficient (Wildman–Crippen LogP) is 2.20. The van der Waals surface area contributed by atoms with E-state index in [1.807, 2.05) is 24.3 Å². The minimum atomic E-state index is -0.281. The molecule has 1 aromatic carbocycles. The summed E-state index contributed by atoms with van der Waals surface area (Å²) in [6.07, 6.45) is 2.45. The number of carbonyl (C=O) groups is 1. The minimum Gasteiger partial charge on any atom is -0.352 e. The van der Waals surface area contributed by atoms with Crippen molar-refractivity contribution in [1.82, 2.24) is 20.5 Å². The van der Waals surface area contributed by atoms with E-state index in [-0.39, 0.29) is 42.2 Å².